The van der Waals surface area contributed by atoms with E-state index < -0.39 is 28.9 Å². The summed E-state index contributed by atoms with van der Waals surface area (Å²) in [6.07, 6.45) is -9.24. The number of hydrogen-bond donors (Lipinski definition) is 2. The molecule has 0 aliphatic rings. The lowest BCUT2D eigenvalue weighted by Crippen LogP contribution is -2.04. The van der Waals surface area contributed by atoms with Gasteiger partial charge in [0.25, 0.3) is 0 Å². The zero-order chi connectivity index (χ0) is 21.4. The topological polar surface area (TPSA) is 75.1 Å². The first-order valence-corrected chi connectivity index (χ1v) is 8.49. The summed E-state index contributed by atoms with van der Waals surface area (Å²) in [5.41, 5.74) is -0.703. The first-order valence-electron chi connectivity index (χ1n) is 7.68. The van der Waals surface area contributed by atoms with Gasteiger partial charge in [0, 0.05) is 16.9 Å². The molecule has 5 nitrogen and oxygen atoms in total. The van der Waals surface area contributed by atoms with Gasteiger partial charge in [-0.1, -0.05) is 11.3 Å². The van der Waals surface area contributed by atoms with Crippen LogP contribution in [0, 0.1) is 0 Å². The number of carboxylic acids is 1. The number of carbonyl (C=O) groups is 1. The number of anilines is 2. The number of hydrogen-bond acceptors (Lipinski definition) is 5. The summed E-state index contributed by atoms with van der Waals surface area (Å²) in [4.78, 5) is 11.2. The number of aromatic nitrogens is 2. The van der Waals surface area contributed by atoms with Gasteiger partial charge in [0.05, 0.1) is 11.1 Å². The van der Waals surface area contributed by atoms with Crippen molar-refractivity contribution in [3.8, 4) is 10.6 Å². The summed E-state index contributed by atoms with van der Waals surface area (Å²) in [5.74, 6) is -1.31. The summed E-state index contributed by atoms with van der Waals surface area (Å²) in [6, 6.07) is 7.53. The Hall–Kier alpha value is -3.15. The number of alkyl halides is 6. The number of nitrogens with zero attached hydrogens (tertiary/aromatic N) is 2. The summed E-state index contributed by atoms with van der Waals surface area (Å²) >= 11 is 0.215. The standard InChI is InChI=1S/C17H9F6N3O2S/c18-16(19,20)9-2-4-10(5-3-9)24-12-6-1-8(14(27)28)7-11(12)13-25-26-15(29-13)17(21,22)23/h1-7,24H,(H,27,28). The van der Waals surface area contributed by atoms with Crippen molar-refractivity contribution in [1.82, 2.24) is 10.2 Å². The van der Waals surface area contributed by atoms with Crippen molar-refractivity contribution in [2.24, 2.45) is 0 Å². The molecule has 152 valence electrons. The lowest BCUT2D eigenvalue weighted by molar-refractivity contribution is -0.138. The molecule has 2 aromatic carbocycles. The molecule has 0 saturated carbocycles. The van der Waals surface area contributed by atoms with Gasteiger partial charge in [-0.05, 0) is 42.5 Å². The molecule has 0 fully saturated rings. The molecule has 0 radical (unpaired) electrons. The zero-order valence-electron chi connectivity index (χ0n) is 14.0. The third-order valence-electron chi connectivity index (χ3n) is 3.66. The van der Waals surface area contributed by atoms with Gasteiger partial charge in [0.1, 0.15) is 5.01 Å². The minimum absolute atomic E-state index is 0.0118. The second kappa shape index (κ2) is 7.35. The van der Waals surface area contributed by atoms with Gasteiger partial charge in [0.2, 0.25) is 5.01 Å². The van der Waals surface area contributed by atoms with Crippen LogP contribution >= 0.6 is 11.3 Å². The number of carboxylic acid groups (broad SMARTS) is 1. The van der Waals surface area contributed by atoms with Crippen molar-refractivity contribution in [3.63, 3.8) is 0 Å². The van der Waals surface area contributed by atoms with Crippen molar-refractivity contribution in [2.75, 3.05) is 5.32 Å². The van der Waals surface area contributed by atoms with E-state index in [0.717, 1.165) is 30.3 Å². The Morgan fingerprint density at radius 1 is 0.931 bits per heavy atom. The van der Waals surface area contributed by atoms with Crippen LogP contribution in [0.25, 0.3) is 10.6 Å². The Labute approximate surface area is 162 Å². The number of aromatic carboxylic acids is 1. The fourth-order valence-corrected chi connectivity index (χ4v) is 3.05. The Balaban J connectivity index is 2.00. The molecule has 0 saturated heterocycles. The molecule has 3 rings (SSSR count). The van der Waals surface area contributed by atoms with Gasteiger partial charge in [-0.25, -0.2) is 4.79 Å². The maximum absolute atomic E-state index is 12.8. The molecule has 1 aromatic heterocycles. The SMILES string of the molecule is O=C(O)c1ccc(Nc2ccc(C(F)(F)F)cc2)c(-c2nnc(C(F)(F)F)s2)c1. The summed E-state index contributed by atoms with van der Waals surface area (Å²) in [6.45, 7) is 0. The average molecular weight is 433 g/mol. The molecule has 0 aliphatic carbocycles. The van der Waals surface area contributed by atoms with Crippen LogP contribution in [0.2, 0.25) is 0 Å². The maximum Gasteiger partial charge on any atom is 0.445 e. The van der Waals surface area contributed by atoms with Crippen molar-refractivity contribution >= 4 is 28.7 Å². The van der Waals surface area contributed by atoms with E-state index >= 15 is 0 Å². The molecule has 0 bridgehead atoms. The van der Waals surface area contributed by atoms with Crippen molar-refractivity contribution in [1.29, 1.82) is 0 Å². The summed E-state index contributed by atoms with van der Waals surface area (Å²) in [7, 11) is 0. The molecule has 0 unspecified atom stereocenters. The van der Waals surface area contributed by atoms with Crippen molar-refractivity contribution in [2.45, 2.75) is 12.4 Å². The van der Waals surface area contributed by atoms with E-state index in [-0.39, 0.29) is 38.8 Å². The van der Waals surface area contributed by atoms with Crippen LogP contribution in [0.1, 0.15) is 20.9 Å². The average Bonchev–Trinajstić information content (AvgIpc) is 3.12. The van der Waals surface area contributed by atoms with Crippen LogP contribution in [0.5, 0.6) is 0 Å². The summed E-state index contributed by atoms with van der Waals surface area (Å²) < 4.78 is 76.4. The normalized spacial score (nSPS) is 12.1. The van der Waals surface area contributed by atoms with Crippen molar-refractivity contribution < 1.29 is 36.2 Å². The highest BCUT2D eigenvalue weighted by Gasteiger charge is 2.36. The van der Waals surface area contributed by atoms with Crippen molar-refractivity contribution in [3.05, 3.63) is 58.6 Å². The Morgan fingerprint density at radius 2 is 1.59 bits per heavy atom. The number of nitrogens with one attached hydrogen (secondary N) is 1. The molecule has 1 heterocycles. The molecule has 0 aliphatic heterocycles. The molecular formula is C17H9F6N3O2S. The van der Waals surface area contributed by atoms with Crippen LogP contribution in [0.4, 0.5) is 37.7 Å². The predicted molar refractivity (Wildman–Crippen MR) is 92.0 cm³/mol. The zero-order valence-corrected chi connectivity index (χ0v) is 14.8. The molecule has 29 heavy (non-hydrogen) atoms. The first kappa shape index (κ1) is 20.6. The van der Waals surface area contributed by atoms with Gasteiger partial charge in [-0.2, -0.15) is 26.3 Å². The van der Waals surface area contributed by atoms with Gasteiger partial charge in [0.15, 0.2) is 0 Å². The largest absolute Gasteiger partial charge is 0.478 e. The van der Waals surface area contributed by atoms with E-state index in [1.165, 1.54) is 12.1 Å². The van der Waals surface area contributed by atoms with Gasteiger partial charge in [-0.3, -0.25) is 0 Å². The second-order valence-corrected chi connectivity index (χ2v) is 6.65. The van der Waals surface area contributed by atoms with Crippen LogP contribution in [0.3, 0.4) is 0 Å². The third kappa shape index (κ3) is 4.65. The minimum Gasteiger partial charge on any atom is -0.478 e. The third-order valence-corrected chi connectivity index (χ3v) is 4.66. The minimum atomic E-state index is -4.72. The highest BCUT2D eigenvalue weighted by molar-refractivity contribution is 7.14. The van der Waals surface area contributed by atoms with E-state index in [9.17, 15) is 31.1 Å². The Kier molecular flexibility index (Phi) is 5.22. The van der Waals surface area contributed by atoms with Crippen LogP contribution in [-0.4, -0.2) is 21.3 Å². The lowest BCUT2D eigenvalue weighted by Gasteiger charge is -2.13. The van der Waals surface area contributed by atoms with Crippen LogP contribution in [0.15, 0.2) is 42.5 Å². The first-order chi connectivity index (χ1) is 13.4. The predicted octanol–water partition coefficient (Wildman–Crippen LogP) is 5.68. The Bertz CT molecular complexity index is 1040. The van der Waals surface area contributed by atoms with E-state index in [4.69, 9.17) is 5.11 Å². The number of benzene rings is 2. The van der Waals surface area contributed by atoms with E-state index in [0.29, 0.717) is 0 Å². The smallest absolute Gasteiger partial charge is 0.445 e. The fourth-order valence-electron chi connectivity index (χ4n) is 2.31. The van der Waals surface area contributed by atoms with Crippen LogP contribution < -0.4 is 5.32 Å². The lowest BCUT2D eigenvalue weighted by atomic mass is 10.1. The maximum atomic E-state index is 12.8. The molecule has 2 N–H and O–H groups in total. The van der Waals surface area contributed by atoms with E-state index in [1.807, 2.05) is 0 Å². The molecule has 0 atom stereocenters. The molecule has 12 heteroatoms. The van der Waals surface area contributed by atoms with E-state index in [1.54, 1.807) is 0 Å². The van der Waals surface area contributed by atoms with Gasteiger partial charge in [-0.15, -0.1) is 10.2 Å². The van der Waals surface area contributed by atoms with Gasteiger partial charge >= 0.3 is 18.3 Å². The number of rotatable bonds is 4. The molecule has 0 spiro atoms. The molecular weight excluding hydrogens is 424 g/mol. The second-order valence-electron chi connectivity index (χ2n) is 5.68. The quantitative estimate of drug-likeness (QED) is 0.518. The highest BCUT2D eigenvalue weighted by atomic mass is 32.1. The van der Waals surface area contributed by atoms with Gasteiger partial charge < -0.3 is 10.4 Å². The monoisotopic (exact) mass is 433 g/mol. The van der Waals surface area contributed by atoms with E-state index in [2.05, 4.69) is 15.5 Å². The molecule has 3 aromatic rings. The molecule has 0 amide bonds. The number of halogens is 6. The Morgan fingerprint density at radius 3 is 2.10 bits per heavy atom. The fraction of sp³-hybridized carbons (Fsp3) is 0.118. The van der Waals surface area contributed by atoms with Crippen LogP contribution in [-0.2, 0) is 12.4 Å². The summed E-state index contributed by atoms with van der Waals surface area (Å²) in [5, 5.41) is 17.0. The highest BCUT2D eigenvalue weighted by Crippen LogP contribution is 2.38.